The van der Waals surface area contributed by atoms with Crippen LogP contribution >= 0.6 is 11.6 Å². The van der Waals surface area contributed by atoms with Crippen LogP contribution in [0.2, 0.25) is 5.02 Å². The first kappa shape index (κ1) is 18.1. The Labute approximate surface area is 157 Å². The third-order valence-corrected chi connectivity index (χ3v) is 4.60. The highest BCUT2D eigenvalue weighted by molar-refractivity contribution is 6.30. The Morgan fingerprint density at radius 1 is 1.15 bits per heavy atom. The molecule has 0 saturated heterocycles. The fourth-order valence-electron chi connectivity index (χ4n) is 2.57. The van der Waals surface area contributed by atoms with Crippen molar-refractivity contribution in [2.75, 3.05) is 0 Å². The summed E-state index contributed by atoms with van der Waals surface area (Å²) in [6.45, 7) is 4.10. The Bertz CT molecular complexity index is 862. The van der Waals surface area contributed by atoms with Crippen LogP contribution in [0.5, 0.6) is 0 Å². The van der Waals surface area contributed by atoms with E-state index in [9.17, 15) is 4.79 Å². The number of hydrogen-bond donors (Lipinski definition) is 1. The van der Waals surface area contributed by atoms with Gasteiger partial charge in [0.1, 0.15) is 6.04 Å². The Morgan fingerprint density at radius 2 is 1.85 bits per heavy atom. The summed E-state index contributed by atoms with van der Waals surface area (Å²) >= 11 is 5.92. The Kier molecular flexibility index (Phi) is 5.68. The van der Waals surface area contributed by atoms with Crippen LogP contribution in [0.25, 0.3) is 11.4 Å². The zero-order valence-electron chi connectivity index (χ0n) is 14.6. The maximum absolute atomic E-state index is 12.5. The van der Waals surface area contributed by atoms with E-state index in [1.165, 1.54) is 0 Å². The smallest absolute Gasteiger partial charge is 0.251 e. The molecule has 6 heteroatoms. The summed E-state index contributed by atoms with van der Waals surface area (Å²) in [6.07, 6.45) is 0.860. The van der Waals surface area contributed by atoms with Crippen molar-refractivity contribution < 1.29 is 9.32 Å². The highest BCUT2D eigenvalue weighted by atomic mass is 35.5. The summed E-state index contributed by atoms with van der Waals surface area (Å²) in [4.78, 5) is 17.0. The Morgan fingerprint density at radius 3 is 2.50 bits per heavy atom. The molecule has 0 spiro atoms. The summed E-state index contributed by atoms with van der Waals surface area (Å²) in [5, 5.41) is 7.71. The minimum absolute atomic E-state index is 0.140. The van der Waals surface area contributed by atoms with E-state index in [2.05, 4.69) is 22.4 Å². The predicted octanol–water partition coefficient (Wildman–Crippen LogP) is 4.91. The first-order chi connectivity index (χ1) is 12.6. The number of aromatic nitrogens is 2. The van der Waals surface area contributed by atoms with Crippen molar-refractivity contribution in [3.63, 3.8) is 0 Å². The fourth-order valence-corrected chi connectivity index (χ4v) is 2.70. The van der Waals surface area contributed by atoms with Crippen molar-refractivity contribution in [2.24, 2.45) is 5.92 Å². The number of carbonyl (C=O) groups excluding carboxylic acids is 1. The first-order valence-electron chi connectivity index (χ1n) is 8.54. The minimum Gasteiger partial charge on any atom is -0.340 e. The lowest BCUT2D eigenvalue weighted by atomic mass is 9.98. The van der Waals surface area contributed by atoms with Gasteiger partial charge in [-0.05, 0) is 42.3 Å². The maximum Gasteiger partial charge on any atom is 0.251 e. The molecule has 2 aromatic carbocycles. The van der Waals surface area contributed by atoms with Gasteiger partial charge in [-0.25, -0.2) is 0 Å². The van der Waals surface area contributed by atoms with E-state index >= 15 is 0 Å². The lowest BCUT2D eigenvalue weighted by molar-refractivity contribution is 0.0910. The maximum atomic E-state index is 12.5. The van der Waals surface area contributed by atoms with Crippen LogP contribution in [0, 0.1) is 5.92 Å². The molecule has 5 nitrogen and oxygen atoms in total. The van der Waals surface area contributed by atoms with Gasteiger partial charge in [-0.1, -0.05) is 55.2 Å². The summed E-state index contributed by atoms with van der Waals surface area (Å²) < 4.78 is 5.46. The molecule has 1 amide bonds. The molecule has 3 aromatic rings. The monoisotopic (exact) mass is 369 g/mol. The van der Waals surface area contributed by atoms with E-state index in [0.29, 0.717) is 22.3 Å². The van der Waals surface area contributed by atoms with Crippen LogP contribution in [0.4, 0.5) is 0 Å². The number of benzene rings is 2. The third kappa shape index (κ3) is 4.11. The molecule has 0 aliphatic carbocycles. The molecule has 0 bridgehead atoms. The third-order valence-electron chi connectivity index (χ3n) is 4.35. The number of hydrogen-bond acceptors (Lipinski definition) is 4. The first-order valence-corrected chi connectivity index (χ1v) is 8.91. The molecular weight excluding hydrogens is 350 g/mol. The van der Waals surface area contributed by atoms with Crippen molar-refractivity contribution in [3.8, 4) is 11.4 Å². The second-order valence-electron chi connectivity index (χ2n) is 6.17. The summed E-state index contributed by atoms with van der Waals surface area (Å²) in [7, 11) is 0. The Hall–Kier alpha value is -2.66. The molecule has 3 rings (SSSR count). The summed E-state index contributed by atoms with van der Waals surface area (Å²) in [6, 6.07) is 15.9. The molecule has 134 valence electrons. The molecule has 0 fully saturated rings. The van der Waals surface area contributed by atoms with Gasteiger partial charge in [0.15, 0.2) is 0 Å². The topological polar surface area (TPSA) is 68.0 Å². The van der Waals surface area contributed by atoms with Crippen molar-refractivity contribution in [2.45, 2.75) is 26.3 Å². The number of rotatable bonds is 6. The number of carbonyl (C=O) groups is 1. The van der Waals surface area contributed by atoms with E-state index in [0.717, 1.165) is 12.0 Å². The van der Waals surface area contributed by atoms with E-state index in [1.54, 1.807) is 24.3 Å². The van der Waals surface area contributed by atoms with Crippen molar-refractivity contribution in [3.05, 3.63) is 71.1 Å². The molecule has 0 aliphatic rings. The number of halogens is 1. The van der Waals surface area contributed by atoms with Gasteiger partial charge in [-0.3, -0.25) is 4.79 Å². The second kappa shape index (κ2) is 8.15. The molecule has 1 N–H and O–H groups in total. The second-order valence-corrected chi connectivity index (χ2v) is 6.60. The number of nitrogens with one attached hydrogen (secondary N) is 1. The van der Waals surface area contributed by atoms with Crippen LogP contribution in [-0.2, 0) is 0 Å². The summed E-state index contributed by atoms with van der Waals surface area (Å²) in [5.74, 6) is 0.843. The molecule has 2 atom stereocenters. The van der Waals surface area contributed by atoms with Gasteiger partial charge in [-0.15, -0.1) is 0 Å². The molecule has 0 unspecified atom stereocenters. The van der Waals surface area contributed by atoms with E-state index in [1.807, 2.05) is 37.3 Å². The lowest BCUT2D eigenvalue weighted by Gasteiger charge is -2.20. The van der Waals surface area contributed by atoms with Gasteiger partial charge in [0.2, 0.25) is 11.7 Å². The lowest BCUT2D eigenvalue weighted by Crippen LogP contribution is -2.32. The molecule has 1 heterocycles. The molecule has 1 aromatic heterocycles. The zero-order valence-corrected chi connectivity index (χ0v) is 15.4. The summed E-state index contributed by atoms with van der Waals surface area (Å²) in [5.41, 5.74) is 1.40. The van der Waals surface area contributed by atoms with Gasteiger partial charge in [0.05, 0.1) is 0 Å². The highest BCUT2D eigenvalue weighted by Crippen LogP contribution is 2.26. The highest BCUT2D eigenvalue weighted by Gasteiger charge is 2.26. The normalized spacial score (nSPS) is 13.2. The van der Waals surface area contributed by atoms with Crippen LogP contribution in [0.1, 0.15) is 42.6 Å². The zero-order chi connectivity index (χ0) is 18.5. The van der Waals surface area contributed by atoms with Gasteiger partial charge in [0, 0.05) is 16.1 Å². The largest absolute Gasteiger partial charge is 0.340 e. The number of amides is 1. The van der Waals surface area contributed by atoms with Crippen molar-refractivity contribution >= 4 is 17.5 Å². The quantitative estimate of drug-likeness (QED) is 0.670. The van der Waals surface area contributed by atoms with Crippen LogP contribution in [0.15, 0.2) is 59.1 Å². The van der Waals surface area contributed by atoms with Crippen molar-refractivity contribution in [1.29, 1.82) is 0 Å². The molecule has 0 saturated carbocycles. The van der Waals surface area contributed by atoms with E-state index in [-0.39, 0.29) is 17.9 Å². The number of nitrogens with zero attached hydrogens (tertiary/aromatic N) is 2. The van der Waals surface area contributed by atoms with E-state index in [4.69, 9.17) is 16.1 Å². The minimum atomic E-state index is -0.360. The Balaban J connectivity index is 1.84. The molecule has 26 heavy (non-hydrogen) atoms. The van der Waals surface area contributed by atoms with Gasteiger partial charge in [0.25, 0.3) is 5.91 Å². The predicted molar refractivity (Wildman–Crippen MR) is 101 cm³/mol. The van der Waals surface area contributed by atoms with Crippen molar-refractivity contribution in [1.82, 2.24) is 15.5 Å². The average molecular weight is 370 g/mol. The van der Waals surface area contributed by atoms with Gasteiger partial charge < -0.3 is 9.84 Å². The standard InChI is InChI=1S/C20H20ClN3O2/c1-3-13(2)17(22-19(25)15-7-5-4-6-8-15)20-23-18(24-26-20)14-9-11-16(21)12-10-14/h4-13,17H,3H2,1-2H3,(H,22,25)/t13-,17+/m1/s1. The molecular formula is C20H20ClN3O2. The van der Waals surface area contributed by atoms with Gasteiger partial charge in [-0.2, -0.15) is 4.98 Å². The average Bonchev–Trinajstić information content (AvgIpc) is 3.16. The SMILES string of the molecule is CC[C@@H](C)[C@H](NC(=O)c1ccccc1)c1nc(-c2ccc(Cl)cc2)no1. The molecule has 0 aliphatic heterocycles. The van der Waals surface area contributed by atoms with Gasteiger partial charge >= 0.3 is 0 Å². The van der Waals surface area contributed by atoms with Crippen LogP contribution in [0.3, 0.4) is 0 Å². The van der Waals surface area contributed by atoms with Crippen LogP contribution < -0.4 is 5.32 Å². The fraction of sp³-hybridized carbons (Fsp3) is 0.250. The molecule has 0 radical (unpaired) electrons. The van der Waals surface area contributed by atoms with E-state index < -0.39 is 0 Å². The van der Waals surface area contributed by atoms with Crippen LogP contribution in [-0.4, -0.2) is 16.0 Å².